The van der Waals surface area contributed by atoms with Crippen LogP contribution >= 0.6 is 27.5 Å². The summed E-state index contributed by atoms with van der Waals surface area (Å²) < 4.78 is 6.69. The highest BCUT2D eigenvalue weighted by Crippen LogP contribution is 2.29. The molecule has 1 unspecified atom stereocenters. The predicted octanol–water partition coefficient (Wildman–Crippen LogP) is 6.47. The first kappa shape index (κ1) is 26.6. The molecule has 5 nitrogen and oxygen atoms in total. The molecule has 0 saturated heterocycles. The van der Waals surface area contributed by atoms with Crippen molar-refractivity contribution in [2.45, 2.75) is 77.4 Å². The van der Waals surface area contributed by atoms with Gasteiger partial charge in [0.05, 0.1) is 4.47 Å². The average molecular weight is 550 g/mol. The molecule has 0 heterocycles. The van der Waals surface area contributed by atoms with Crippen molar-refractivity contribution in [2.75, 3.05) is 6.61 Å². The number of nitrogens with one attached hydrogen (secondary N) is 1. The smallest absolute Gasteiger partial charge is 0.261 e. The molecule has 1 aliphatic rings. The summed E-state index contributed by atoms with van der Waals surface area (Å²) in [5.41, 5.74) is 1.98. The van der Waals surface area contributed by atoms with Crippen LogP contribution in [0.3, 0.4) is 0 Å². The van der Waals surface area contributed by atoms with E-state index in [1.165, 1.54) is 5.56 Å². The second kappa shape index (κ2) is 12.6. The van der Waals surface area contributed by atoms with Gasteiger partial charge in [-0.25, -0.2) is 0 Å². The minimum absolute atomic E-state index is 0.114. The number of ether oxygens (including phenoxy) is 1. The van der Waals surface area contributed by atoms with Crippen molar-refractivity contribution < 1.29 is 14.3 Å². The Morgan fingerprint density at radius 3 is 2.50 bits per heavy atom. The van der Waals surface area contributed by atoms with Crippen molar-refractivity contribution >= 4 is 39.3 Å². The molecule has 184 valence electrons. The molecule has 0 radical (unpaired) electrons. The van der Waals surface area contributed by atoms with Crippen molar-refractivity contribution in [3.8, 4) is 5.75 Å². The van der Waals surface area contributed by atoms with Gasteiger partial charge in [-0.05, 0) is 70.4 Å². The molecule has 7 heteroatoms. The maximum absolute atomic E-state index is 13.4. The monoisotopic (exact) mass is 548 g/mol. The molecule has 1 aliphatic carbocycles. The number of carbonyl (C=O) groups excluding carboxylic acids is 2. The molecule has 3 rings (SSSR count). The lowest BCUT2D eigenvalue weighted by Crippen LogP contribution is -2.52. The highest BCUT2D eigenvalue weighted by atomic mass is 79.9. The van der Waals surface area contributed by atoms with Gasteiger partial charge >= 0.3 is 0 Å². The lowest BCUT2D eigenvalue weighted by molar-refractivity contribution is -0.143. The molecule has 1 fully saturated rings. The van der Waals surface area contributed by atoms with E-state index in [4.69, 9.17) is 16.3 Å². The van der Waals surface area contributed by atoms with E-state index in [9.17, 15) is 9.59 Å². The van der Waals surface area contributed by atoms with E-state index in [1.807, 2.05) is 43.3 Å². The van der Waals surface area contributed by atoms with Gasteiger partial charge in [0.2, 0.25) is 5.91 Å². The van der Waals surface area contributed by atoms with E-state index in [0.29, 0.717) is 23.1 Å². The fourth-order valence-electron chi connectivity index (χ4n) is 4.31. The quantitative estimate of drug-likeness (QED) is 0.369. The molecule has 0 aromatic heterocycles. The molecule has 2 aromatic carbocycles. The summed E-state index contributed by atoms with van der Waals surface area (Å²) in [5, 5.41) is 3.72. The number of carbonyl (C=O) groups is 2. The van der Waals surface area contributed by atoms with Gasteiger partial charge in [0.25, 0.3) is 5.91 Å². The molecular weight excluding hydrogens is 516 g/mol. The molecular formula is C27H34BrClN2O3. The predicted molar refractivity (Wildman–Crippen MR) is 140 cm³/mol. The van der Waals surface area contributed by atoms with Crippen LogP contribution in [0.4, 0.5) is 0 Å². The number of amides is 2. The van der Waals surface area contributed by atoms with Gasteiger partial charge in [-0.3, -0.25) is 9.59 Å². The van der Waals surface area contributed by atoms with Crippen LogP contribution in [-0.2, 0) is 16.1 Å². The van der Waals surface area contributed by atoms with Crippen LogP contribution < -0.4 is 10.1 Å². The molecule has 2 amide bonds. The molecule has 0 aliphatic heterocycles. The van der Waals surface area contributed by atoms with Gasteiger partial charge in [-0.2, -0.15) is 0 Å². The second-order valence-electron chi connectivity index (χ2n) is 9.16. The van der Waals surface area contributed by atoms with Crippen LogP contribution in [0, 0.1) is 0 Å². The molecule has 34 heavy (non-hydrogen) atoms. The lowest BCUT2D eigenvalue weighted by Gasteiger charge is -2.31. The van der Waals surface area contributed by atoms with Crippen molar-refractivity contribution in [3.63, 3.8) is 0 Å². The van der Waals surface area contributed by atoms with Crippen molar-refractivity contribution in [1.29, 1.82) is 0 Å². The van der Waals surface area contributed by atoms with E-state index >= 15 is 0 Å². The first-order chi connectivity index (χ1) is 16.3. The summed E-state index contributed by atoms with van der Waals surface area (Å²) in [6.07, 6.45) is 4.74. The van der Waals surface area contributed by atoms with Crippen molar-refractivity contribution in [2.24, 2.45) is 0 Å². The number of hydrogen-bond acceptors (Lipinski definition) is 3. The fourth-order valence-corrected chi connectivity index (χ4v) is 5.02. The number of hydrogen-bond donors (Lipinski definition) is 1. The van der Waals surface area contributed by atoms with Crippen LogP contribution in [0.25, 0.3) is 0 Å². The Balaban J connectivity index is 1.78. The molecule has 1 N–H and O–H groups in total. The number of nitrogens with zero attached hydrogens (tertiary/aromatic N) is 1. The van der Waals surface area contributed by atoms with Crippen LogP contribution in [0.1, 0.15) is 69.9 Å². The number of rotatable bonds is 10. The number of halogens is 2. The zero-order chi connectivity index (χ0) is 24.7. The molecule has 0 bridgehead atoms. The Hall–Kier alpha value is -2.05. The second-order valence-corrected chi connectivity index (χ2v) is 10.4. The summed E-state index contributed by atoms with van der Waals surface area (Å²) in [6.45, 7) is 6.25. The zero-order valence-electron chi connectivity index (χ0n) is 20.2. The topological polar surface area (TPSA) is 58.6 Å². The third kappa shape index (κ3) is 6.98. The SMILES string of the molecule is CCC(C(=O)NC1CCCC1)N(Cc1ccccc1Cl)C(=O)COc1ccc(C(C)C)cc1Br. The van der Waals surface area contributed by atoms with E-state index in [0.717, 1.165) is 35.7 Å². The van der Waals surface area contributed by atoms with Gasteiger partial charge in [0, 0.05) is 17.6 Å². The summed E-state index contributed by atoms with van der Waals surface area (Å²) in [4.78, 5) is 28.2. The first-order valence-corrected chi connectivity index (χ1v) is 13.2. The van der Waals surface area contributed by atoms with Crippen LogP contribution in [0.5, 0.6) is 5.75 Å². The Bertz CT molecular complexity index is 992. The third-order valence-electron chi connectivity index (χ3n) is 6.36. The van der Waals surface area contributed by atoms with E-state index < -0.39 is 6.04 Å². The van der Waals surface area contributed by atoms with Gasteiger partial charge in [0.1, 0.15) is 11.8 Å². The standard InChI is InChI=1S/C27H34BrClN2O3/c1-4-24(27(33)30-21-10-6-7-11-21)31(16-20-9-5-8-12-23(20)29)26(32)17-34-25-14-13-19(18(2)3)15-22(25)28/h5,8-9,12-15,18,21,24H,4,6-7,10-11,16-17H2,1-3H3,(H,30,33). The normalized spacial score (nSPS) is 14.8. The van der Waals surface area contributed by atoms with Gasteiger partial charge in [-0.1, -0.05) is 69.5 Å². The van der Waals surface area contributed by atoms with Crippen LogP contribution in [0.15, 0.2) is 46.9 Å². The third-order valence-corrected chi connectivity index (χ3v) is 7.35. The molecule has 0 spiro atoms. The van der Waals surface area contributed by atoms with Gasteiger partial charge < -0.3 is 15.0 Å². The highest BCUT2D eigenvalue weighted by Gasteiger charge is 2.31. The van der Waals surface area contributed by atoms with Crippen molar-refractivity contribution in [1.82, 2.24) is 10.2 Å². The Labute approximate surface area is 216 Å². The van der Waals surface area contributed by atoms with Gasteiger partial charge in [-0.15, -0.1) is 0 Å². The Morgan fingerprint density at radius 2 is 1.88 bits per heavy atom. The Morgan fingerprint density at radius 1 is 1.18 bits per heavy atom. The van der Waals surface area contributed by atoms with E-state index in [-0.39, 0.29) is 31.0 Å². The maximum Gasteiger partial charge on any atom is 0.261 e. The minimum atomic E-state index is -0.597. The summed E-state index contributed by atoms with van der Waals surface area (Å²) in [7, 11) is 0. The van der Waals surface area contributed by atoms with Crippen molar-refractivity contribution in [3.05, 3.63) is 63.1 Å². The number of benzene rings is 2. The van der Waals surface area contributed by atoms with Crippen LogP contribution in [0.2, 0.25) is 5.02 Å². The summed E-state index contributed by atoms with van der Waals surface area (Å²) in [6, 6.07) is 12.9. The fraction of sp³-hybridized carbons (Fsp3) is 0.481. The van der Waals surface area contributed by atoms with E-state index in [2.05, 4.69) is 35.1 Å². The van der Waals surface area contributed by atoms with E-state index in [1.54, 1.807) is 11.0 Å². The molecule has 1 saturated carbocycles. The minimum Gasteiger partial charge on any atom is -0.483 e. The van der Waals surface area contributed by atoms with Crippen LogP contribution in [-0.4, -0.2) is 35.4 Å². The average Bonchev–Trinajstić information content (AvgIpc) is 3.32. The Kier molecular flexibility index (Phi) is 9.84. The molecule has 2 aromatic rings. The maximum atomic E-state index is 13.4. The highest BCUT2D eigenvalue weighted by molar-refractivity contribution is 9.10. The lowest BCUT2D eigenvalue weighted by atomic mass is 10.0. The molecule has 1 atom stereocenters. The summed E-state index contributed by atoms with van der Waals surface area (Å²) >= 11 is 9.95. The summed E-state index contributed by atoms with van der Waals surface area (Å²) in [5.74, 6) is 0.617. The first-order valence-electron chi connectivity index (χ1n) is 12.1. The largest absolute Gasteiger partial charge is 0.483 e. The zero-order valence-corrected chi connectivity index (χ0v) is 22.5. The van der Waals surface area contributed by atoms with Gasteiger partial charge in [0.15, 0.2) is 6.61 Å².